The van der Waals surface area contributed by atoms with Crippen molar-refractivity contribution in [2.45, 2.75) is 13.0 Å². The van der Waals surface area contributed by atoms with E-state index in [0.29, 0.717) is 0 Å². The van der Waals surface area contributed by atoms with Crippen LogP contribution in [-0.2, 0) is 0 Å². The zero-order chi connectivity index (χ0) is 14.7. The lowest BCUT2D eigenvalue weighted by Crippen LogP contribution is -2.28. The molecule has 1 unspecified atom stereocenters. The molecule has 3 nitrogen and oxygen atoms in total. The number of hydrogen-bond acceptors (Lipinski definition) is 2. The average molecular weight is 297 g/mol. The second kappa shape index (κ2) is 5.96. The van der Waals surface area contributed by atoms with Gasteiger partial charge in [-0.1, -0.05) is 23.7 Å². The molecule has 0 spiro atoms. The van der Waals surface area contributed by atoms with Gasteiger partial charge in [-0.05, 0) is 31.2 Å². The molecule has 0 bridgehead atoms. The Morgan fingerprint density at radius 1 is 1.20 bits per heavy atom. The molecule has 0 fully saturated rings. The van der Waals surface area contributed by atoms with Crippen LogP contribution in [0.5, 0.6) is 0 Å². The minimum Gasteiger partial charge on any atom is -0.344 e. The summed E-state index contributed by atoms with van der Waals surface area (Å²) in [4.78, 5) is 15.8. The number of amides is 1. The second-order valence-electron chi connectivity index (χ2n) is 4.18. The first-order valence-corrected chi connectivity index (χ1v) is 6.24. The van der Waals surface area contributed by atoms with Gasteiger partial charge >= 0.3 is 0 Å². The summed E-state index contributed by atoms with van der Waals surface area (Å²) in [7, 11) is 0. The van der Waals surface area contributed by atoms with Crippen molar-refractivity contribution >= 4 is 17.5 Å². The maximum Gasteiger partial charge on any atom is 0.270 e. The molecule has 0 saturated heterocycles. The highest BCUT2D eigenvalue weighted by Crippen LogP contribution is 2.20. The largest absolute Gasteiger partial charge is 0.344 e. The fourth-order valence-electron chi connectivity index (χ4n) is 1.80. The number of rotatable bonds is 3. The zero-order valence-corrected chi connectivity index (χ0v) is 11.3. The predicted molar refractivity (Wildman–Crippen MR) is 71.5 cm³/mol. The standard InChI is InChI=1S/C14H11ClF2N2O/c1-8(13-9(16)4-2-5-10(13)17)18-14(20)11-6-3-7-12(15)19-11/h2-8H,1H3,(H,18,20). The lowest BCUT2D eigenvalue weighted by molar-refractivity contribution is 0.0934. The smallest absolute Gasteiger partial charge is 0.270 e. The molecule has 1 N–H and O–H groups in total. The molecular formula is C14H11ClF2N2O. The number of carbonyl (C=O) groups is 1. The van der Waals surface area contributed by atoms with Crippen molar-refractivity contribution in [2.24, 2.45) is 0 Å². The summed E-state index contributed by atoms with van der Waals surface area (Å²) in [6.45, 7) is 1.49. The summed E-state index contributed by atoms with van der Waals surface area (Å²) in [5.41, 5.74) is -0.107. The van der Waals surface area contributed by atoms with Gasteiger partial charge in [0.2, 0.25) is 0 Å². The van der Waals surface area contributed by atoms with Crippen LogP contribution in [0.2, 0.25) is 5.15 Å². The Bertz CT molecular complexity index is 629. The monoisotopic (exact) mass is 296 g/mol. The fourth-order valence-corrected chi connectivity index (χ4v) is 1.97. The van der Waals surface area contributed by atoms with E-state index in [4.69, 9.17) is 11.6 Å². The molecule has 1 amide bonds. The van der Waals surface area contributed by atoms with Crippen LogP contribution in [0.25, 0.3) is 0 Å². The van der Waals surface area contributed by atoms with E-state index in [0.717, 1.165) is 12.1 Å². The molecule has 0 saturated carbocycles. The molecule has 2 rings (SSSR count). The molecule has 1 aromatic heterocycles. The Balaban J connectivity index is 2.20. The molecule has 104 valence electrons. The third kappa shape index (κ3) is 3.11. The Kier molecular flexibility index (Phi) is 4.29. The molecule has 1 atom stereocenters. The molecule has 1 heterocycles. The molecule has 6 heteroatoms. The van der Waals surface area contributed by atoms with Crippen LogP contribution in [-0.4, -0.2) is 10.9 Å². The number of nitrogens with one attached hydrogen (secondary N) is 1. The van der Waals surface area contributed by atoms with E-state index in [1.54, 1.807) is 6.07 Å². The number of pyridine rings is 1. The quantitative estimate of drug-likeness (QED) is 0.881. The molecule has 0 aliphatic rings. The molecular weight excluding hydrogens is 286 g/mol. The number of aromatic nitrogens is 1. The van der Waals surface area contributed by atoms with Crippen molar-refractivity contribution < 1.29 is 13.6 Å². The Morgan fingerprint density at radius 2 is 1.80 bits per heavy atom. The summed E-state index contributed by atoms with van der Waals surface area (Å²) in [6.07, 6.45) is 0. The number of carbonyl (C=O) groups excluding carboxylic acids is 1. The number of hydrogen-bond donors (Lipinski definition) is 1. The third-order valence-corrected chi connectivity index (χ3v) is 2.94. The Labute approximate surface area is 119 Å². The normalized spacial score (nSPS) is 12.0. The van der Waals surface area contributed by atoms with Gasteiger partial charge in [0.1, 0.15) is 22.5 Å². The number of halogens is 3. The van der Waals surface area contributed by atoms with Crippen molar-refractivity contribution in [3.8, 4) is 0 Å². The topological polar surface area (TPSA) is 42.0 Å². The summed E-state index contributed by atoms with van der Waals surface area (Å²) in [5, 5.41) is 2.65. The van der Waals surface area contributed by atoms with Gasteiger partial charge in [0.15, 0.2) is 0 Å². The van der Waals surface area contributed by atoms with Crippen molar-refractivity contribution in [3.05, 3.63) is 64.4 Å². The van der Waals surface area contributed by atoms with Crippen molar-refractivity contribution in [3.63, 3.8) is 0 Å². The van der Waals surface area contributed by atoms with E-state index in [1.165, 1.54) is 25.1 Å². The van der Waals surface area contributed by atoms with Gasteiger partial charge in [-0.2, -0.15) is 0 Å². The maximum absolute atomic E-state index is 13.6. The minimum atomic E-state index is -0.829. The van der Waals surface area contributed by atoms with E-state index in [2.05, 4.69) is 10.3 Å². The number of benzene rings is 1. The molecule has 0 radical (unpaired) electrons. The lowest BCUT2D eigenvalue weighted by Gasteiger charge is -2.15. The first-order valence-electron chi connectivity index (χ1n) is 5.86. The van der Waals surface area contributed by atoms with Crippen molar-refractivity contribution in [1.29, 1.82) is 0 Å². The van der Waals surface area contributed by atoms with Gasteiger partial charge < -0.3 is 5.32 Å². The van der Waals surface area contributed by atoms with Crippen LogP contribution < -0.4 is 5.32 Å². The maximum atomic E-state index is 13.6. The molecule has 20 heavy (non-hydrogen) atoms. The molecule has 2 aromatic rings. The van der Waals surface area contributed by atoms with Gasteiger partial charge in [-0.25, -0.2) is 13.8 Å². The van der Waals surface area contributed by atoms with Gasteiger partial charge in [0, 0.05) is 5.56 Å². The van der Waals surface area contributed by atoms with Crippen LogP contribution in [0.3, 0.4) is 0 Å². The van der Waals surface area contributed by atoms with E-state index in [9.17, 15) is 13.6 Å². The SMILES string of the molecule is CC(NC(=O)c1cccc(Cl)n1)c1c(F)cccc1F. The minimum absolute atomic E-state index is 0.0843. The third-order valence-electron chi connectivity index (χ3n) is 2.73. The van der Waals surface area contributed by atoms with E-state index in [-0.39, 0.29) is 16.4 Å². The zero-order valence-electron chi connectivity index (χ0n) is 10.5. The van der Waals surface area contributed by atoms with Gasteiger partial charge in [-0.3, -0.25) is 4.79 Å². The van der Waals surface area contributed by atoms with Crippen LogP contribution in [0.4, 0.5) is 8.78 Å². The van der Waals surface area contributed by atoms with Gasteiger partial charge in [0.05, 0.1) is 6.04 Å². The van der Waals surface area contributed by atoms with E-state index >= 15 is 0 Å². The predicted octanol–water partition coefficient (Wildman–Crippen LogP) is 3.50. The number of nitrogens with zero attached hydrogens (tertiary/aromatic N) is 1. The van der Waals surface area contributed by atoms with Crippen LogP contribution in [0.1, 0.15) is 29.0 Å². The Morgan fingerprint density at radius 3 is 2.40 bits per heavy atom. The van der Waals surface area contributed by atoms with Crippen LogP contribution in [0.15, 0.2) is 36.4 Å². The highest BCUT2D eigenvalue weighted by atomic mass is 35.5. The lowest BCUT2D eigenvalue weighted by atomic mass is 10.1. The first-order chi connectivity index (χ1) is 9.49. The van der Waals surface area contributed by atoms with Crippen LogP contribution in [0, 0.1) is 11.6 Å². The average Bonchev–Trinajstić information content (AvgIpc) is 2.38. The highest BCUT2D eigenvalue weighted by molar-refractivity contribution is 6.29. The summed E-state index contributed by atoms with van der Waals surface area (Å²) < 4.78 is 27.2. The first kappa shape index (κ1) is 14.4. The fraction of sp³-hybridized carbons (Fsp3) is 0.143. The Hall–Kier alpha value is -2.01. The van der Waals surface area contributed by atoms with Gasteiger partial charge in [0.25, 0.3) is 5.91 Å². The summed E-state index contributed by atoms with van der Waals surface area (Å²) in [5.74, 6) is -1.98. The van der Waals surface area contributed by atoms with Gasteiger partial charge in [-0.15, -0.1) is 0 Å². The summed E-state index contributed by atoms with van der Waals surface area (Å²) >= 11 is 5.68. The second-order valence-corrected chi connectivity index (χ2v) is 4.56. The summed E-state index contributed by atoms with van der Waals surface area (Å²) in [6, 6.07) is 7.27. The molecule has 0 aliphatic carbocycles. The van der Waals surface area contributed by atoms with E-state index < -0.39 is 23.6 Å². The van der Waals surface area contributed by atoms with Crippen molar-refractivity contribution in [2.75, 3.05) is 0 Å². The molecule has 0 aliphatic heterocycles. The van der Waals surface area contributed by atoms with E-state index in [1.807, 2.05) is 0 Å². The van der Waals surface area contributed by atoms with Crippen molar-refractivity contribution in [1.82, 2.24) is 10.3 Å². The van der Waals surface area contributed by atoms with Crippen LogP contribution >= 0.6 is 11.6 Å². The highest BCUT2D eigenvalue weighted by Gasteiger charge is 2.19. The molecule has 1 aromatic carbocycles.